The third-order valence-corrected chi connectivity index (χ3v) is 4.01. The number of carbonyl (C=O) groups is 2. The Morgan fingerprint density at radius 3 is 1.61 bits per heavy atom. The van der Waals surface area contributed by atoms with Gasteiger partial charge in [0.2, 0.25) is 0 Å². The van der Waals surface area contributed by atoms with E-state index in [1.807, 2.05) is 18.7 Å². The predicted octanol–water partition coefficient (Wildman–Crippen LogP) is -1.95. The molecule has 1 rings (SSSR count). The molecule has 0 heterocycles. The molecule has 1 aliphatic carbocycles. The molecule has 4 N–H and O–H groups in total. The predicted molar refractivity (Wildman–Crippen MR) is 80.3 cm³/mol. The topological polar surface area (TPSA) is 136 Å². The molecule has 0 amide bonds. The first-order chi connectivity index (χ1) is 10.3. The summed E-state index contributed by atoms with van der Waals surface area (Å²) in [6.07, 6.45) is 4.54. The molecule has 1 saturated carbocycles. The van der Waals surface area contributed by atoms with Gasteiger partial charge in [-0.1, -0.05) is 13.8 Å². The summed E-state index contributed by atoms with van der Waals surface area (Å²) in [5, 5.41) is 20.8. The molecule has 138 valence electrons. The van der Waals surface area contributed by atoms with Crippen LogP contribution in [0.4, 0.5) is 0 Å². The molecular weight excluding hydrogens is 481 g/mol. The van der Waals surface area contributed by atoms with Crippen molar-refractivity contribution in [1.29, 1.82) is 0 Å². The van der Waals surface area contributed by atoms with Gasteiger partial charge < -0.3 is 36.2 Å². The number of carboxylic acid groups (broad SMARTS) is 2. The molecule has 0 aromatic heterocycles. The Morgan fingerprint density at radius 2 is 1.35 bits per heavy atom. The van der Waals surface area contributed by atoms with E-state index in [-0.39, 0.29) is 27.5 Å². The molecule has 0 radical (unpaired) electrons. The van der Waals surface area contributed by atoms with Crippen LogP contribution >= 0.6 is 0 Å². The molecule has 8 heteroatoms. The number of hydrogen-bond donors (Lipinski definition) is 2. The monoisotopic (exact) mass is 510 g/mol. The number of nitrogens with two attached hydrogens (primary N) is 2. The Kier molecular flexibility index (Phi) is 15.0. The molecule has 0 aromatic carbocycles. The van der Waals surface area contributed by atoms with E-state index < -0.39 is 17.9 Å². The van der Waals surface area contributed by atoms with Gasteiger partial charge in [0.25, 0.3) is 0 Å². The maximum atomic E-state index is 10.4. The number of aliphatic carboxylic acids is 2. The third kappa shape index (κ3) is 11.6. The fourth-order valence-corrected chi connectivity index (χ4v) is 2.33. The molecule has 0 atom stereocenters. The smallest absolute Gasteiger partial charge is 0.549 e. The number of nitrogens with zero attached hydrogens (tertiary/aromatic N) is 1. The largest absolute Gasteiger partial charge is 2.00 e. The summed E-state index contributed by atoms with van der Waals surface area (Å²) in [5.41, 5.74) is 11.3. The average Bonchev–Trinajstić information content (AvgIpc) is 2.46. The van der Waals surface area contributed by atoms with E-state index in [4.69, 9.17) is 11.5 Å². The Hall–Kier alpha value is -0.492. The van der Waals surface area contributed by atoms with Gasteiger partial charge in [0.05, 0.1) is 11.9 Å². The third-order valence-electron chi connectivity index (χ3n) is 4.01. The first-order valence-corrected chi connectivity index (χ1v) is 7.96. The Balaban J connectivity index is 0. The van der Waals surface area contributed by atoms with Crippen molar-refractivity contribution >= 4 is 11.9 Å². The van der Waals surface area contributed by atoms with Crippen molar-refractivity contribution in [2.24, 2.45) is 17.4 Å². The van der Waals surface area contributed by atoms with E-state index in [2.05, 4.69) is 0 Å². The van der Waals surface area contributed by atoms with Gasteiger partial charge >= 0.3 is 21.1 Å². The van der Waals surface area contributed by atoms with Crippen LogP contribution in [0.2, 0.25) is 0 Å². The summed E-state index contributed by atoms with van der Waals surface area (Å²) in [6.45, 7) is 5.82. The average molecular weight is 510 g/mol. The molecule has 7 nitrogen and oxygen atoms in total. The molecule has 0 unspecified atom stereocenters. The van der Waals surface area contributed by atoms with E-state index in [0.29, 0.717) is 18.6 Å². The van der Waals surface area contributed by atoms with Gasteiger partial charge in [0.15, 0.2) is 0 Å². The molecule has 0 spiro atoms. The van der Waals surface area contributed by atoms with E-state index in [1.165, 1.54) is 0 Å². The van der Waals surface area contributed by atoms with Crippen LogP contribution in [-0.4, -0.2) is 48.6 Å². The normalized spacial score (nSPS) is 20.4. The van der Waals surface area contributed by atoms with Crippen molar-refractivity contribution in [3.05, 3.63) is 0 Å². The van der Waals surface area contributed by atoms with Crippen LogP contribution in [-0.2, 0) is 30.7 Å². The zero-order chi connectivity index (χ0) is 17.1. The van der Waals surface area contributed by atoms with Crippen molar-refractivity contribution in [3.63, 3.8) is 0 Å². The quantitative estimate of drug-likeness (QED) is 0.380. The minimum Gasteiger partial charge on any atom is -0.549 e. The standard InChI is InChI=1S/C9H17NO4.C6H14N2.Pt/c1-3-10(4-2)6-5-7(8(11)12)9(13)14;7-5-1-2-6(8)4-3-5;/h7H,3-6H2,1-2H3,(H,11,12)(H,13,14);5-6H,1-4,7-8H2;/q;;+2/p-2. The van der Waals surface area contributed by atoms with E-state index in [1.54, 1.807) is 0 Å². The molecule has 1 fully saturated rings. The van der Waals surface area contributed by atoms with Crippen LogP contribution in [0.5, 0.6) is 0 Å². The Bertz CT molecular complexity index is 309. The van der Waals surface area contributed by atoms with Crippen molar-refractivity contribution < 1.29 is 40.9 Å². The Morgan fingerprint density at radius 1 is 1.00 bits per heavy atom. The maximum absolute atomic E-state index is 10.4. The summed E-state index contributed by atoms with van der Waals surface area (Å²) >= 11 is 0. The van der Waals surface area contributed by atoms with Gasteiger partial charge in [0.1, 0.15) is 0 Å². The summed E-state index contributed by atoms with van der Waals surface area (Å²) in [6, 6.07) is 0.879. The first-order valence-electron chi connectivity index (χ1n) is 7.96. The maximum Gasteiger partial charge on any atom is 2.00 e. The number of carboxylic acids is 2. The van der Waals surface area contributed by atoms with Gasteiger partial charge in [-0.05, 0) is 51.7 Å². The van der Waals surface area contributed by atoms with Gasteiger partial charge in [-0.2, -0.15) is 0 Å². The van der Waals surface area contributed by atoms with Crippen molar-refractivity contribution in [2.45, 2.75) is 58.0 Å². The zero-order valence-electron chi connectivity index (χ0n) is 13.9. The molecule has 0 aliphatic heterocycles. The van der Waals surface area contributed by atoms with Crippen LogP contribution in [0.1, 0.15) is 46.0 Å². The van der Waals surface area contributed by atoms with Crippen LogP contribution in [0.15, 0.2) is 0 Å². The minimum atomic E-state index is -1.57. The summed E-state index contributed by atoms with van der Waals surface area (Å²) in [5.74, 6) is -4.65. The summed E-state index contributed by atoms with van der Waals surface area (Å²) < 4.78 is 0. The van der Waals surface area contributed by atoms with Gasteiger partial charge in [-0.25, -0.2) is 0 Å². The van der Waals surface area contributed by atoms with Gasteiger partial charge in [0, 0.05) is 18.0 Å². The van der Waals surface area contributed by atoms with E-state index >= 15 is 0 Å². The molecule has 0 aromatic rings. The second-order valence-electron chi connectivity index (χ2n) is 5.68. The fourth-order valence-electron chi connectivity index (χ4n) is 2.33. The second kappa shape index (κ2) is 13.9. The molecule has 1 aliphatic rings. The molecule has 0 bridgehead atoms. The Labute approximate surface area is 153 Å². The zero-order valence-corrected chi connectivity index (χ0v) is 16.2. The molecule has 0 saturated heterocycles. The molecular formula is C15H29N3O4Pt. The summed E-state index contributed by atoms with van der Waals surface area (Å²) in [7, 11) is 0. The fraction of sp³-hybridized carbons (Fsp3) is 0.867. The SMILES string of the molecule is CCN(CC)CCC(C(=O)[O-])C(=O)[O-].NC1CCC(N)CC1.[Pt+2]. The van der Waals surface area contributed by atoms with Gasteiger partial charge in [-0.15, -0.1) is 0 Å². The van der Waals surface area contributed by atoms with Crippen LogP contribution in [0.25, 0.3) is 0 Å². The number of carbonyl (C=O) groups excluding carboxylic acids is 2. The van der Waals surface area contributed by atoms with Crippen molar-refractivity contribution in [3.8, 4) is 0 Å². The summed E-state index contributed by atoms with van der Waals surface area (Å²) in [4.78, 5) is 22.7. The van der Waals surface area contributed by atoms with Crippen LogP contribution in [0.3, 0.4) is 0 Å². The number of hydrogen-bond acceptors (Lipinski definition) is 7. The van der Waals surface area contributed by atoms with E-state index in [0.717, 1.165) is 38.8 Å². The second-order valence-corrected chi connectivity index (χ2v) is 5.68. The molecule has 23 heavy (non-hydrogen) atoms. The first kappa shape index (κ1) is 24.8. The van der Waals surface area contributed by atoms with Crippen molar-refractivity contribution in [2.75, 3.05) is 19.6 Å². The van der Waals surface area contributed by atoms with Crippen LogP contribution < -0.4 is 21.7 Å². The minimum absolute atomic E-state index is 0. The van der Waals surface area contributed by atoms with Gasteiger partial charge in [-0.3, -0.25) is 0 Å². The number of rotatable bonds is 7. The van der Waals surface area contributed by atoms with Crippen molar-refractivity contribution in [1.82, 2.24) is 4.90 Å². The van der Waals surface area contributed by atoms with E-state index in [9.17, 15) is 19.8 Å². The van der Waals surface area contributed by atoms with Crippen LogP contribution in [0, 0.1) is 5.92 Å².